The number of fused-ring (bicyclic) bond motifs is 2. The van der Waals surface area contributed by atoms with Crippen molar-refractivity contribution in [2.75, 3.05) is 0 Å². The maximum Gasteiger partial charge on any atom is 0.123 e. The van der Waals surface area contributed by atoms with Crippen LogP contribution >= 0.6 is 22.7 Å². The van der Waals surface area contributed by atoms with E-state index in [0.29, 0.717) is 5.92 Å². The predicted octanol–water partition coefficient (Wildman–Crippen LogP) is 6.55. The van der Waals surface area contributed by atoms with Gasteiger partial charge in [-0.25, -0.2) is 9.97 Å². The second-order valence-corrected chi connectivity index (χ2v) is 9.47. The second kappa shape index (κ2) is 6.19. The third kappa shape index (κ3) is 2.98. The first-order valence-corrected chi connectivity index (χ1v) is 10.4. The lowest BCUT2D eigenvalue weighted by Gasteiger charge is -2.26. The normalized spacial score (nSPS) is 12.5. The molecule has 4 aromatic rings. The molecular weight excluding hydrogens is 344 g/mol. The van der Waals surface area contributed by atoms with E-state index in [4.69, 9.17) is 0 Å². The lowest BCUT2D eigenvalue weighted by molar-refractivity contribution is 0.522. The molecule has 3 heterocycles. The molecular formula is C21H22N2S2. The Balaban J connectivity index is 1.80. The van der Waals surface area contributed by atoms with E-state index < -0.39 is 0 Å². The van der Waals surface area contributed by atoms with Crippen LogP contribution in [-0.2, 0) is 11.8 Å². The summed E-state index contributed by atoms with van der Waals surface area (Å²) < 4.78 is 1.26. The number of hydrogen-bond acceptors (Lipinski definition) is 4. The molecule has 0 saturated heterocycles. The van der Waals surface area contributed by atoms with Gasteiger partial charge in [0.15, 0.2) is 0 Å². The van der Waals surface area contributed by atoms with Crippen LogP contribution in [0, 0.1) is 0 Å². The van der Waals surface area contributed by atoms with Crippen molar-refractivity contribution in [2.24, 2.45) is 0 Å². The number of aromatic nitrogens is 2. The lowest BCUT2D eigenvalue weighted by atomic mass is 9.78. The first-order valence-electron chi connectivity index (χ1n) is 8.66. The molecule has 0 aliphatic carbocycles. The number of pyridine rings is 1. The van der Waals surface area contributed by atoms with Crippen molar-refractivity contribution in [3.63, 3.8) is 0 Å². The van der Waals surface area contributed by atoms with Crippen LogP contribution in [0.25, 0.3) is 20.4 Å². The zero-order valence-electron chi connectivity index (χ0n) is 15.0. The van der Waals surface area contributed by atoms with Crippen molar-refractivity contribution in [3.05, 3.63) is 58.0 Å². The molecule has 0 atom stereocenters. The molecule has 0 bridgehead atoms. The first-order chi connectivity index (χ1) is 12.0. The molecule has 0 saturated carbocycles. The van der Waals surface area contributed by atoms with E-state index in [1.165, 1.54) is 26.1 Å². The fraction of sp³-hybridized carbons (Fsp3) is 0.333. The van der Waals surface area contributed by atoms with Crippen molar-refractivity contribution < 1.29 is 0 Å². The van der Waals surface area contributed by atoms with E-state index in [0.717, 1.165) is 16.8 Å². The number of rotatable bonds is 4. The van der Waals surface area contributed by atoms with Crippen LogP contribution in [0.15, 0.2) is 42.0 Å². The summed E-state index contributed by atoms with van der Waals surface area (Å²) in [7, 11) is 0. The van der Waals surface area contributed by atoms with Crippen LogP contribution in [0.1, 0.15) is 49.6 Å². The molecule has 25 heavy (non-hydrogen) atoms. The fourth-order valence-corrected chi connectivity index (χ4v) is 5.29. The smallest absolute Gasteiger partial charge is 0.123 e. The molecule has 0 aliphatic heterocycles. The van der Waals surface area contributed by atoms with E-state index in [2.05, 4.69) is 68.0 Å². The van der Waals surface area contributed by atoms with E-state index in [-0.39, 0.29) is 5.41 Å². The van der Waals surface area contributed by atoms with Crippen molar-refractivity contribution in [2.45, 2.75) is 45.4 Å². The van der Waals surface area contributed by atoms with Crippen molar-refractivity contribution >= 4 is 43.1 Å². The van der Waals surface area contributed by atoms with Gasteiger partial charge in [-0.2, -0.15) is 0 Å². The molecule has 4 heteroatoms. The highest BCUT2D eigenvalue weighted by molar-refractivity contribution is 7.19. The van der Waals surface area contributed by atoms with Gasteiger partial charge >= 0.3 is 0 Å². The van der Waals surface area contributed by atoms with Gasteiger partial charge in [-0.3, -0.25) is 0 Å². The zero-order valence-corrected chi connectivity index (χ0v) is 16.7. The summed E-state index contributed by atoms with van der Waals surface area (Å²) in [6.45, 7) is 9.24. The summed E-state index contributed by atoms with van der Waals surface area (Å²) in [5, 5.41) is 1.32. The first kappa shape index (κ1) is 16.7. The molecule has 0 unspecified atom stereocenters. The molecule has 2 nitrogen and oxygen atoms in total. The maximum atomic E-state index is 4.59. The fourth-order valence-electron chi connectivity index (χ4n) is 3.47. The Morgan fingerprint density at radius 2 is 1.96 bits per heavy atom. The summed E-state index contributed by atoms with van der Waals surface area (Å²) in [6, 6.07) is 11.0. The molecule has 0 N–H and O–H groups in total. The molecule has 0 spiro atoms. The Morgan fingerprint density at radius 3 is 2.76 bits per heavy atom. The van der Waals surface area contributed by atoms with Gasteiger partial charge in [-0.05, 0) is 47.1 Å². The van der Waals surface area contributed by atoms with Crippen LogP contribution in [0.3, 0.4) is 0 Å². The summed E-state index contributed by atoms with van der Waals surface area (Å²) in [5.74, 6) is 0.519. The average molecular weight is 367 g/mol. The minimum atomic E-state index is 0.0469. The highest BCUT2D eigenvalue weighted by Gasteiger charge is 2.26. The SMILES string of the molecule is CC(C)c1sc2ncccc2c1CC(C)(C)c1ccc2scnc2c1. The minimum absolute atomic E-state index is 0.0469. The number of nitrogens with zero attached hydrogens (tertiary/aromatic N) is 2. The van der Waals surface area contributed by atoms with Gasteiger partial charge in [0.2, 0.25) is 0 Å². The quantitative estimate of drug-likeness (QED) is 0.409. The molecule has 0 radical (unpaired) electrons. The van der Waals surface area contributed by atoms with Gasteiger partial charge in [-0.1, -0.05) is 39.8 Å². The Morgan fingerprint density at radius 1 is 1.12 bits per heavy atom. The Labute approximate surface area is 156 Å². The zero-order chi connectivity index (χ0) is 17.6. The van der Waals surface area contributed by atoms with Gasteiger partial charge in [0.05, 0.1) is 15.7 Å². The Kier molecular flexibility index (Phi) is 4.13. The van der Waals surface area contributed by atoms with Crippen LogP contribution < -0.4 is 0 Å². The van der Waals surface area contributed by atoms with Crippen LogP contribution in [-0.4, -0.2) is 9.97 Å². The maximum absolute atomic E-state index is 4.59. The van der Waals surface area contributed by atoms with Gasteiger partial charge in [0.1, 0.15) is 4.83 Å². The Bertz CT molecular complexity index is 1040. The van der Waals surface area contributed by atoms with E-state index in [9.17, 15) is 0 Å². The topological polar surface area (TPSA) is 25.8 Å². The van der Waals surface area contributed by atoms with Crippen LogP contribution in [0.4, 0.5) is 0 Å². The molecule has 0 fully saturated rings. The molecule has 0 aliphatic rings. The average Bonchev–Trinajstić information content (AvgIpc) is 3.19. The van der Waals surface area contributed by atoms with Crippen LogP contribution in [0.2, 0.25) is 0 Å². The van der Waals surface area contributed by atoms with Crippen molar-refractivity contribution in [1.82, 2.24) is 9.97 Å². The number of hydrogen-bond donors (Lipinski definition) is 0. The molecule has 1 aromatic carbocycles. The molecule has 3 aromatic heterocycles. The van der Waals surface area contributed by atoms with Crippen LogP contribution in [0.5, 0.6) is 0 Å². The number of benzene rings is 1. The monoisotopic (exact) mass is 366 g/mol. The summed E-state index contributed by atoms with van der Waals surface area (Å²) in [5.41, 5.74) is 5.90. The minimum Gasteiger partial charge on any atom is -0.245 e. The molecule has 128 valence electrons. The van der Waals surface area contributed by atoms with Crippen molar-refractivity contribution in [3.8, 4) is 0 Å². The number of thiophene rings is 1. The standard InChI is InChI=1S/C21H22N2S2/c1-13(2)19-16(15-6-5-9-22-20(15)25-19)11-21(3,4)14-7-8-18-17(10-14)23-12-24-18/h5-10,12-13H,11H2,1-4H3. The molecule has 4 rings (SSSR count). The van der Waals surface area contributed by atoms with Gasteiger partial charge < -0.3 is 0 Å². The van der Waals surface area contributed by atoms with Gasteiger partial charge in [-0.15, -0.1) is 22.7 Å². The van der Waals surface area contributed by atoms with E-state index in [1.54, 1.807) is 11.3 Å². The number of thiazole rings is 1. The van der Waals surface area contributed by atoms with Crippen molar-refractivity contribution in [1.29, 1.82) is 0 Å². The highest BCUT2D eigenvalue weighted by Crippen LogP contribution is 2.40. The second-order valence-electron chi connectivity index (χ2n) is 7.55. The Hall–Kier alpha value is -1.78. The largest absolute Gasteiger partial charge is 0.245 e. The van der Waals surface area contributed by atoms with E-state index >= 15 is 0 Å². The third-order valence-electron chi connectivity index (χ3n) is 4.86. The summed E-state index contributed by atoms with van der Waals surface area (Å²) >= 11 is 3.55. The highest BCUT2D eigenvalue weighted by atomic mass is 32.1. The summed E-state index contributed by atoms with van der Waals surface area (Å²) in [4.78, 5) is 11.7. The summed E-state index contributed by atoms with van der Waals surface area (Å²) in [6.07, 6.45) is 2.91. The lowest BCUT2D eigenvalue weighted by Crippen LogP contribution is -2.21. The van der Waals surface area contributed by atoms with Gasteiger partial charge in [0.25, 0.3) is 0 Å². The third-order valence-corrected chi connectivity index (χ3v) is 7.12. The van der Waals surface area contributed by atoms with Gasteiger partial charge in [0, 0.05) is 16.5 Å². The predicted molar refractivity (Wildman–Crippen MR) is 110 cm³/mol. The molecule has 0 amide bonds. The van der Waals surface area contributed by atoms with E-state index in [1.807, 2.05) is 23.0 Å².